The summed E-state index contributed by atoms with van der Waals surface area (Å²) in [6, 6.07) is 0. The molecule has 16 heavy (non-hydrogen) atoms. The maximum Gasteiger partial charge on any atom is 0.328 e. The minimum absolute atomic E-state index is 0.301. The van der Waals surface area contributed by atoms with Crippen LogP contribution in [0.1, 0.15) is 25.7 Å². The van der Waals surface area contributed by atoms with Crippen LogP contribution in [0.5, 0.6) is 0 Å². The molecule has 4 nitrogen and oxygen atoms in total. The van der Waals surface area contributed by atoms with Gasteiger partial charge in [-0.25, -0.2) is 4.79 Å². The number of carboxylic acids is 1. The van der Waals surface area contributed by atoms with E-state index in [0.717, 1.165) is 24.0 Å². The van der Waals surface area contributed by atoms with Crippen LogP contribution < -0.4 is 5.32 Å². The fourth-order valence-electron chi connectivity index (χ4n) is 3.06. The Hall–Kier alpha value is -1.32. The smallest absolute Gasteiger partial charge is 0.328 e. The van der Waals surface area contributed by atoms with Gasteiger partial charge < -0.3 is 10.4 Å². The van der Waals surface area contributed by atoms with Crippen LogP contribution in [0, 0.1) is 17.8 Å². The summed E-state index contributed by atoms with van der Waals surface area (Å²) in [6.07, 6.45) is 7.16. The minimum Gasteiger partial charge on any atom is -0.478 e. The van der Waals surface area contributed by atoms with Crippen LogP contribution in [-0.4, -0.2) is 23.5 Å². The molecule has 0 spiro atoms. The van der Waals surface area contributed by atoms with E-state index in [-0.39, 0.29) is 5.91 Å². The van der Waals surface area contributed by atoms with Gasteiger partial charge in [-0.3, -0.25) is 4.79 Å². The molecule has 1 amide bonds. The number of aliphatic carboxylic acids is 1. The van der Waals surface area contributed by atoms with E-state index < -0.39 is 5.97 Å². The molecule has 0 aromatic heterocycles. The van der Waals surface area contributed by atoms with E-state index in [2.05, 4.69) is 5.32 Å². The van der Waals surface area contributed by atoms with Crippen LogP contribution in [0.15, 0.2) is 12.2 Å². The van der Waals surface area contributed by atoms with Gasteiger partial charge in [0, 0.05) is 18.7 Å². The molecule has 0 saturated heterocycles. The third-order valence-electron chi connectivity index (χ3n) is 3.80. The molecule has 3 atom stereocenters. The second-order valence-corrected chi connectivity index (χ2v) is 4.85. The lowest BCUT2D eigenvalue weighted by atomic mass is 9.89. The number of hydrogen-bond donors (Lipinski definition) is 2. The summed E-state index contributed by atoms with van der Waals surface area (Å²) in [7, 11) is 0. The number of nitrogens with one attached hydrogen (secondary N) is 1. The number of rotatable bonds is 4. The molecule has 3 unspecified atom stereocenters. The van der Waals surface area contributed by atoms with Gasteiger partial charge in [0.15, 0.2) is 0 Å². The van der Waals surface area contributed by atoms with Crippen molar-refractivity contribution in [3.05, 3.63) is 12.2 Å². The van der Waals surface area contributed by atoms with E-state index >= 15 is 0 Å². The highest BCUT2D eigenvalue weighted by molar-refractivity contribution is 5.93. The highest BCUT2D eigenvalue weighted by Gasteiger charge is 2.39. The maximum atomic E-state index is 11.2. The quantitative estimate of drug-likeness (QED) is 0.703. The summed E-state index contributed by atoms with van der Waals surface area (Å²) < 4.78 is 0. The topological polar surface area (TPSA) is 66.4 Å². The largest absolute Gasteiger partial charge is 0.478 e. The molecule has 2 aliphatic carbocycles. The second kappa shape index (κ2) is 4.68. The van der Waals surface area contributed by atoms with E-state index in [1.165, 1.54) is 25.7 Å². The summed E-state index contributed by atoms with van der Waals surface area (Å²) in [5.41, 5.74) is 0. The second-order valence-electron chi connectivity index (χ2n) is 4.85. The first-order valence-corrected chi connectivity index (χ1v) is 5.84. The SMILES string of the molecule is O=C(O)/C=C\C(=O)NCC1CC2CCC1C2. The average molecular weight is 223 g/mol. The average Bonchev–Trinajstić information content (AvgIpc) is 2.84. The third kappa shape index (κ3) is 2.62. The van der Waals surface area contributed by atoms with Crippen LogP contribution in [0.4, 0.5) is 0 Å². The molecule has 2 rings (SSSR count). The van der Waals surface area contributed by atoms with Crippen molar-refractivity contribution in [1.82, 2.24) is 5.32 Å². The standard InChI is InChI=1S/C12H17NO3/c14-11(3-4-12(15)16)13-7-10-6-8-1-2-9(10)5-8/h3-4,8-10H,1-2,5-7H2,(H,13,14)(H,15,16)/b4-3-. The van der Waals surface area contributed by atoms with Crippen molar-refractivity contribution in [3.63, 3.8) is 0 Å². The van der Waals surface area contributed by atoms with Crippen molar-refractivity contribution < 1.29 is 14.7 Å². The fourth-order valence-corrected chi connectivity index (χ4v) is 3.06. The Balaban J connectivity index is 1.71. The van der Waals surface area contributed by atoms with Gasteiger partial charge in [-0.2, -0.15) is 0 Å². The van der Waals surface area contributed by atoms with Gasteiger partial charge >= 0.3 is 5.97 Å². The summed E-state index contributed by atoms with van der Waals surface area (Å²) in [4.78, 5) is 21.5. The molecule has 2 fully saturated rings. The third-order valence-corrected chi connectivity index (χ3v) is 3.80. The van der Waals surface area contributed by atoms with Gasteiger partial charge in [0.1, 0.15) is 0 Å². The molecule has 0 aliphatic heterocycles. The molecule has 2 saturated carbocycles. The molecule has 0 heterocycles. The maximum absolute atomic E-state index is 11.2. The number of carboxylic acid groups (broad SMARTS) is 1. The number of carbonyl (C=O) groups is 2. The summed E-state index contributed by atoms with van der Waals surface area (Å²) >= 11 is 0. The monoisotopic (exact) mass is 223 g/mol. The lowest BCUT2D eigenvalue weighted by molar-refractivity contribution is -0.131. The Bertz CT molecular complexity index is 324. The summed E-state index contributed by atoms with van der Waals surface area (Å²) in [6.45, 7) is 0.698. The Labute approximate surface area is 94.7 Å². The molecule has 0 aromatic rings. The first-order chi connectivity index (χ1) is 7.65. The molecule has 2 aliphatic rings. The predicted octanol–water partition coefficient (Wildman–Crippen LogP) is 1.18. The zero-order chi connectivity index (χ0) is 11.5. The molecule has 4 heteroatoms. The number of amides is 1. The van der Waals surface area contributed by atoms with E-state index in [4.69, 9.17) is 5.11 Å². The molecule has 2 N–H and O–H groups in total. The first-order valence-electron chi connectivity index (χ1n) is 5.84. The zero-order valence-electron chi connectivity index (χ0n) is 9.19. The molecule has 2 bridgehead atoms. The Morgan fingerprint density at radius 2 is 2.06 bits per heavy atom. The van der Waals surface area contributed by atoms with Crippen molar-refractivity contribution in [3.8, 4) is 0 Å². The molecule has 88 valence electrons. The normalized spacial score (nSPS) is 32.1. The van der Waals surface area contributed by atoms with Crippen LogP contribution >= 0.6 is 0 Å². The Kier molecular flexibility index (Phi) is 3.27. The van der Waals surface area contributed by atoms with Crippen LogP contribution in [0.3, 0.4) is 0 Å². The van der Waals surface area contributed by atoms with Gasteiger partial charge in [0.05, 0.1) is 0 Å². The van der Waals surface area contributed by atoms with Crippen molar-refractivity contribution in [1.29, 1.82) is 0 Å². The Morgan fingerprint density at radius 3 is 2.62 bits per heavy atom. The molecule has 0 radical (unpaired) electrons. The first kappa shape index (κ1) is 11.2. The lowest BCUT2D eigenvalue weighted by Crippen LogP contribution is -2.30. The van der Waals surface area contributed by atoms with E-state index in [1.54, 1.807) is 0 Å². The van der Waals surface area contributed by atoms with Crippen molar-refractivity contribution in [2.24, 2.45) is 17.8 Å². The van der Waals surface area contributed by atoms with Gasteiger partial charge in [-0.15, -0.1) is 0 Å². The summed E-state index contributed by atoms with van der Waals surface area (Å²) in [5.74, 6) is 0.886. The molecular weight excluding hydrogens is 206 g/mol. The van der Waals surface area contributed by atoms with E-state index in [9.17, 15) is 9.59 Å². The zero-order valence-corrected chi connectivity index (χ0v) is 9.19. The van der Waals surface area contributed by atoms with E-state index in [0.29, 0.717) is 12.5 Å². The van der Waals surface area contributed by atoms with Gasteiger partial charge in [-0.05, 0) is 37.0 Å². The summed E-state index contributed by atoms with van der Waals surface area (Å²) in [5, 5.41) is 11.1. The van der Waals surface area contributed by atoms with Crippen molar-refractivity contribution in [2.45, 2.75) is 25.7 Å². The van der Waals surface area contributed by atoms with Gasteiger partial charge in [0.25, 0.3) is 0 Å². The lowest BCUT2D eigenvalue weighted by Gasteiger charge is -2.21. The number of carbonyl (C=O) groups excluding carboxylic acids is 1. The number of fused-ring (bicyclic) bond motifs is 2. The predicted molar refractivity (Wildman–Crippen MR) is 58.7 cm³/mol. The van der Waals surface area contributed by atoms with Crippen LogP contribution in [0.25, 0.3) is 0 Å². The Morgan fingerprint density at radius 1 is 1.25 bits per heavy atom. The van der Waals surface area contributed by atoms with E-state index in [1.807, 2.05) is 0 Å². The van der Waals surface area contributed by atoms with Gasteiger partial charge in [-0.1, -0.05) is 6.42 Å². The van der Waals surface area contributed by atoms with Crippen molar-refractivity contribution in [2.75, 3.05) is 6.54 Å². The number of hydrogen-bond acceptors (Lipinski definition) is 2. The fraction of sp³-hybridized carbons (Fsp3) is 0.667. The molecular formula is C12H17NO3. The minimum atomic E-state index is -1.09. The van der Waals surface area contributed by atoms with Crippen molar-refractivity contribution >= 4 is 11.9 Å². The van der Waals surface area contributed by atoms with Crippen LogP contribution in [-0.2, 0) is 9.59 Å². The molecule has 0 aromatic carbocycles. The van der Waals surface area contributed by atoms with Crippen LogP contribution in [0.2, 0.25) is 0 Å². The van der Waals surface area contributed by atoms with Gasteiger partial charge in [0.2, 0.25) is 5.91 Å². The highest BCUT2D eigenvalue weighted by atomic mass is 16.4. The highest BCUT2D eigenvalue weighted by Crippen LogP contribution is 2.47.